The van der Waals surface area contributed by atoms with Gasteiger partial charge in [0.2, 0.25) is 0 Å². The highest BCUT2D eigenvalue weighted by molar-refractivity contribution is 4.99. The van der Waals surface area contributed by atoms with Crippen LogP contribution in [0.5, 0.6) is 0 Å². The van der Waals surface area contributed by atoms with Gasteiger partial charge in [0.1, 0.15) is 5.82 Å². The highest BCUT2D eigenvalue weighted by atomic mass is 16.5. The lowest BCUT2D eigenvalue weighted by Gasteiger charge is -2.17. The summed E-state index contributed by atoms with van der Waals surface area (Å²) in [5.41, 5.74) is 0. The second-order valence-electron chi connectivity index (χ2n) is 3.48. The van der Waals surface area contributed by atoms with Gasteiger partial charge in [0.15, 0.2) is 0 Å². The third kappa shape index (κ3) is 3.32. The van der Waals surface area contributed by atoms with Crippen molar-refractivity contribution >= 4 is 0 Å². The van der Waals surface area contributed by atoms with E-state index < -0.39 is 0 Å². The Morgan fingerprint density at radius 3 is 2.93 bits per heavy atom. The molecule has 86 valence electrons. The molecular weight excluding hydrogens is 190 g/mol. The maximum atomic E-state index is 5.43. The molecule has 1 atom stereocenters. The number of likely N-dealkylation sites (N-methyl/N-ethyl adjacent to an activating group) is 1. The molecule has 1 unspecified atom stereocenters. The minimum absolute atomic E-state index is 0.187. The number of aromatic nitrogens is 2. The second kappa shape index (κ2) is 6.58. The zero-order valence-corrected chi connectivity index (χ0v) is 9.86. The van der Waals surface area contributed by atoms with Gasteiger partial charge in [-0.1, -0.05) is 6.92 Å². The average Bonchev–Trinajstić information content (AvgIpc) is 2.68. The number of rotatable bonds is 7. The van der Waals surface area contributed by atoms with Gasteiger partial charge in [0, 0.05) is 25.5 Å². The van der Waals surface area contributed by atoms with E-state index >= 15 is 0 Å². The molecule has 1 N–H and O–H groups in total. The molecule has 1 heterocycles. The maximum absolute atomic E-state index is 5.43. The maximum Gasteiger partial charge on any atom is 0.128 e. The van der Waals surface area contributed by atoms with Crippen molar-refractivity contribution in [1.82, 2.24) is 14.9 Å². The normalized spacial score (nSPS) is 13.0. The number of nitrogens with one attached hydrogen (secondary N) is 1. The van der Waals surface area contributed by atoms with Crippen molar-refractivity contribution < 1.29 is 4.74 Å². The number of hydrogen-bond acceptors (Lipinski definition) is 3. The first-order chi connectivity index (χ1) is 7.33. The molecule has 1 rings (SSSR count). The highest BCUT2D eigenvalue weighted by Gasteiger charge is 2.14. The van der Waals surface area contributed by atoms with Gasteiger partial charge >= 0.3 is 0 Å². The third-order valence-corrected chi connectivity index (χ3v) is 2.36. The van der Waals surface area contributed by atoms with Crippen LogP contribution in [0.2, 0.25) is 0 Å². The predicted octanol–water partition coefficient (Wildman–Crippen LogP) is 1.59. The Balaban J connectivity index is 2.67. The van der Waals surface area contributed by atoms with Crippen molar-refractivity contribution in [3.63, 3.8) is 0 Å². The first-order valence-corrected chi connectivity index (χ1v) is 5.59. The molecule has 4 nitrogen and oxygen atoms in total. The Labute approximate surface area is 91.7 Å². The van der Waals surface area contributed by atoms with E-state index in [2.05, 4.69) is 21.8 Å². The lowest BCUT2D eigenvalue weighted by atomic mass is 10.3. The van der Waals surface area contributed by atoms with Crippen LogP contribution in [0.3, 0.4) is 0 Å². The van der Waals surface area contributed by atoms with Crippen molar-refractivity contribution in [2.45, 2.75) is 32.9 Å². The van der Waals surface area contributed by atoms with Gasteiger partial charge in [-0.05, 0) is 20.4 Å². The molecule has 0 spiro atoms. The lowest BCUT2D eigenvalue weighted by molar-refractivity contribution is 0.122. The van der Waals surface area contributed by atoms with Crippen LogP contribution in [0.1, 0.15) is 32.1 Å². The Bertz CT molecular complexity index is 273. The van der Waals surface area contributed by atoms with Crippen LogP contribution in [0.15, 0.2) is 12.4 Å². The van der Waals surface area contributed by atoms with E-state index in [0.717, 1.165) is 25.4 Å². The summed E-state index contributed by atoms with van der Waals surface area (Å²) in [6.45, 7) is 6.60. The Kier molecular flexibility index (Phi) is 5.36. The van der Waals surface area contributed by atoms with Gasteiger partial charge in [-0.15, -0.1) is 0 Å². The minimum atomic E-state index is 0.187. The molecule has 4 heteroatoms. The molecule has 0 saturated carbocycles. The average molecular weight is 211 g/mol. The Morgan fingerprint density at radius 2 is 2.33 bits per heavy atom. The zero-order valence-electron chi connectivity index (χ0n) is 9.86. The molecule has 0 saturated heterocycles. The fraction of sp³-hybridized carbons (Fsp3) is 0.727. The van der Waals surface area contributed by atoms with Crippen molar-refractivity contribution in [2.75, 3.05) is 20.3 Å². The van der Waals surface area contributed by atoms with Crippen LogP contribution in [0.4, 0.5) is 0 Å². The number of hydrogen-bond donors (Lipinski definition) is 1. The van der Waals surface area contributed by atoms with Gasteiger partial charge in [0.05, 0.1) is 12.6 Å². The van der Waals surface area contributed by atoms with Crippen LogP contribution >= 0.6 is 0 Å². The van der Waals surface area contributed by atoms with E-state index in [-0.39, 0.29) is 6.04 Å². The molecular formula is C11H21N3O. The topological polar surface area (TPSA) is 39.1 Å². The summed E-state index contributed by atoms with van der Waals surface area (Å²) in [4.78, 5) is 4.38. The summed E-state index contributed by atoms with van der Waals surface area (Å²) in [6, 6.07) is 0.187. The first kappa shape index (κ1) is 12.2. The third-order valence-electron chi connectivity index (χ3n) is 2.36. The molecule has 0 fully saturated rings. The van der Waals surface area contributed by atoms with E-state index in [9.17, 15) is 0 Å². The molecule has 0 aromatic carbocycles. The highest BCUT2D eigenvalue weighted by Crippen LogP contribution is 2.11. The van der Waals surface area contributed by atoms with E-state index in [4.69, 9.17) is 4.74 Å². The van der Waals surface area contributed by atoms with Crippen LogP contribution in [-0.4, -0.2) is 29.8 Å². The van der Waals surface area contributed by atoms with Gasteiger partial charge in [-0.2, -0.15) is 0 Å². The Hall–Kier alpha value is -0.870. The van der Waals surface area contributed by atoms with Gasteiger partial charge in [-0.3, -0.25) is 0 Å². The quantitative estimate of drug-likeness (QED) is 0.744. The monoisotopic (exact) mass is 211 g/mol. The van der Waals surface area contributed by atoms with Gasteiger partial charge < -0.3 is 14.6 Å². The van der Waals surface area contributed by atoms with Crippen LogP contribution in [0.25, 0.3) is 0 Å². The second-order valence-corrected chi connectivity index (χ2v) is 3.48. The number of imidazole rings is 1. The van der Waals surface area contributed by atoms with Gasteiger partial charge in [0.25, 0.3) is 0 Å². The van der Waals surface area contributed by atoms with Gasteiger partial charge in [-0.25, -0.2) is 4.98 Å². The predicted molar refractivity (Wildman–Crippen MR) is 60.8 cm³/mol. The standard InChI is InChI=1S/C11H21N3O/c1-4-7-14-8-6-13-11(14)10(12-3)9-15-5-2/h6,8,10,12H,4-5,7,9H2,1-3H3. The van der Waals surface area contributed by atoms with Crippen molar-refractivity contribution in [1.29, 1.82) is 0 Å². The van der Waals surface area contributed by atoms with Crippen molar-refractivity contribution in [3.8, 4) is 0 Å². The van der Waals surface area contributed by atoms with E-state index in [1.807, 2.05) is 26.4 Å². The fourth-order valence-electron chi connectivity index (χ4n) is 1.58. The number of nitrogens with zero attached hydrogens (tertiary/aromatic N) is 2. The van der Waals surface area contributed by atoms with Crippen molar-refractivity contribution in [3.05, 3.63) is 18.2 Å². The molecule has 0 bridgehead atoms. The summed E-state index contributed by atoms with van der Waals surface area (Å²) in [5.74, 6) is 1.06. The SMILES string of the molecule is CCCn1ccnc1C(COCC)NC. The van der Waals surface area contributed by atoms with Crippen LogP contribution in [0, 0.1) is 0 Å². The molecule has 0 radical (unpaired) electrons. The summed E-state index contributed by atoms with van der Waals surface area (Å²) >= 11 is 0. The molecule has 15 heavy (non-hydrogen) atoms. The van der Waals surface area contributed by atoms with E-state index in [0.29, 0.717) is 6.61 Å². The van der Waals surface area contributed by atoms with E-state index in [1.54, 1.807) is 0 Å². The minimum Gasteiger partial charge on any atom is -0.380 e. The molecule has 1 aromatic heterocycles. The van der Waals surface area contributed by atoms with Crippen LogP contribution in [-0.2, 0) is 11.3 Å². The lowest BCUT2D eigenvalue weighted by Crippen LogP contribution is -2.25. The zero-order chi connectivity index (χ0) is 11.1. The van der Waals surface area contributed by atoms with E-state index in [1.165, 1.54) is 0 Å². The first-order valence-electron chi connectivity index (χ1n) is 5.59. The molecule has 0 amide bonds. The largest absolute Gasteiger partial charge is 0.380 e. The molecule has 0 aliphatic carbocycles. The molecule has 1 aromatic rings. The Morgan fingerprint density at radius 1 is 1.53 bits per heavy atom. The van der Waals surface area contributed by atoms with Crippen molar-refractivity contribution in [2.24, 2.45) is 0 Å². The summed E-state index contributed by atoms with van der Waals surface area (Å²) < 4.78 is 7.61. The molecule has 0 aliphatic rings. The number of ether oxygens (including phenoxy) is 1. The number of aryl methyl sites for hydroxylation is 1. The smallest absolute Gasteiger partial charge is 0.128 e. The summed E-state index contributed by atoms with van der Waals surface area (Å²) in [6.07, 6.45) is 4.99. The van der Waals surface area contributed by atoms with Crippen LogP contribution < -0.4 is 5.32 Å². The summed E-state index contributed by atoms with van der Waals surface area (Å²) in [5, 5.41) is 3.23. The summed E-state index contributed by atoms with van der Waals surface area (Å²) in [7, 11) is 1.94. The fourth-order valence-corrected chi connectivity index (χ4v) is 1.58. The molecule has 0 aliphatic heterocycles.